The summed E-state index contributed by atoms with van der Waals surface area (Å²) in [5, 5.41) is 9.68. The number of hydrogen-bond acceptors (Lipinski definition) is 2. The Morgan fingerprint density at radius 1 is 1.06 bits per heavy atom. The van der Waals surface area contributed by atoms with Crippen molar-refractivity contribution in [2.45, 2.75) is 12.8 Å². The molecule has 2 rings (SSSR count). The summed E-state index contributed by atoms with van der Waals surface area (Å²) in [5.41, 5.74) is 2.55. The topological polar surface area (TPSA) is 37.3 Å². The third kappa shape index (κ3) is 2.21. The Bertz CT molecular complexity index is 518. The van der Waals surface area contributed by atoms with E-state index in [-0.39, 0.29) is 11.7 Å². The zero-order valence-electron chi connectivity index (χ0n) is 9.63. The van der Waals surface area contributed by atoms with Crippen LogP contribution in [0, 0.1) is 6.92 Å². The molecule has 17 heavy (non-hydrogen) atoms. The Morgan fingerprint density at radius 2 is 1.76 bits per heavy atom. The van der Waals surface area contributed by atoms with Crippen molar-refractivity contribution >= 4 is 6.29 Å². The van der Waals surface area contributed by atoms with Crippen molar-refractivity contribution in [1.82, 2.24) is 0 Å². The highest BCUT2D eigenvalue weighted by Crippen LogP contribution is 2.29. The van der Waals surface area contributed by atoms with Gasteiger partial charge in [-0.15, -0.1) is 0 Å². The van der Waals surface area contributed by atoms with E-state index in [9.17, 15) is 9.90 Å². The van der Waals surface area contributed by atoms with Gasteiger partial charge in [0.05, 0.1) is 5.92 Å². The number of aldehydes is 1. The molecule has 0 aromatic heterocycles. The molecule has 0 aliphatic heterocycles. The predicted molar refractivity (Wildman–Crippen MR) is 67.2 cm³/mol. The summed E-state index contributed by atoms with van der Waals surface area (Å²) in [5.74, 6) is -0.0893. The first-order valence-electron chi connectivity index (χ1n) is 5.52. The number of rotatable bonds is 3. The van der Waals surface area contributed by atoms with Crippen molar-refractivity contribution in [3.63, 3.8) is 0 Å². The predicted octanol–water partition coefficient (Wildman–Crippen LogP) is 3.03. The fourth-order valence-corrected chi connectivity index (χ4v) is 1.97. The molecule has 0 spiro atoms. The minimum atomic E-state index is -0.316. The van der Waals surface area contributed by atoms with Gasteiger partial charge in [-0.05, 0) is 29.7 Å². The van der Waals surface area contributed by atoms with Crippen LogP contribution in [-0.4, -0.2) is 11.4 Å². The van der Waals surface area contributed by atoms with Crippen LogP contribution in [0.5, 0.6) is 5.75 Å². The second-order valence-corrected chi connectivity index (χ2v) is 4.02. The standard InChI is InChI=1S/C15H14O2/c1-11-13(8-5-9-15(11)17)14(10-16)12-6-3-2-4-7-12/h2-10,14,17H,1H3. The van der Waals surface area contributed by atoms with Crippen molar-refractivity contribution in [1.29, 1.82) is 0 Å². The van der Waals surface area contributed by atoms with Crippen LogP contribution < -0.4 is 0 Å². The van der Waals surface area contributed by atoms with Crippen molar-refractivity contribution in [3.05, 3.63) is 65.2 Å². The van der Waals surface area contributed by atoms with Gasteiger partial charge in [-0.2, -0.15) is 0 Å². The summed E-state index contributed by atoms with van der Waals surface area (Å²) in [4.78, 5) is 11.3. The van der Waals surface area contributed by atoms with E-state index >= 15 is 0 Å². The van der Waals surface area contributed by atoms with Crippen LogP contribution >= 0.6 is 0 Å². The molecule has 2 aromatic carbocycles. The number of phenolic OH excluding ortho intramolecular Hbond substituents is 1. The maximum Gasteiger partial charge on any atom is 0.131 e. The van der Waals surface area contributed by atoms with Crippen LogP contribution in [0.15, 0.2) is 48.5 Å². The minimum Gasteiger partial charge on any atom is -0.508 e. The Morgan fingerprint density at radius 3 is 2.41 bits per heavy atom. The second-order valence-electron chi connectivity index (χ2n) is 4.02. The van der Waals surface area contributed by atoms with E-state index in [1.165, 1.54) is 0 Å². The molecule has 0 saturated carbocycles. The molecule has 1 unspecified atom stereocenters. The Hall–Kier alpha value is -2.09. The Balaban J connectivity index is 2.50. The van der Waals surface area contributed by atoms with Gasteiger partial charge in [0.15, 0.2) is 0 Å². The molecule has 1 atom stereocenters. The molecule has 1 N–H and O–H groups in total. The highest BCUT2D eigenvalue weighted by molar-refractivity contribution is 5.69. The lowest BCUT2D eigenvalue weighted by Crippen LogP contribution is -2.04. The lowest BCUT2D eigenvalue weighted by molar-refractivity contribution is -0.108. The fraction of sp³-hybridized carbons (Fsp3) is 0.133. The number of hydrogen-bond donors (Lipinski definition) is 1. The molecule has 0 aliphatic rings. The third-order valence-corrected chi connectivity index (χ3v) is 2.98. The van der Waals surface area contributed by atoms with Crippen molar-refractivity contribution < 1.29 is 9.90 Å². The van der Waals surface area contributed by atoms with Gasteiger partial charge in [0, 0.05) is 0 Å². The zero-order valence-corrected chi connectivity index (χ0v) is 9.63. The van der Waals surface area contributed by atoms with E-state index in [0.29, 0.717) is 0 Å². The molecule has 0 fully saturated rings. The highest BCUT2D eigenvalue weighted by atomic mass is 16.3. The molecule has 0 saturated heterocycles. The van der Waals surface area contributed by atoms with Crippen LogP contribution in [0.4, 0.5) is 0 Å². The van der Waals surface area contributed by atoms with Crippen LogP contribution in [0.25, 0.3) is 0 Å². The normalized spacial score (nSPS) is 12.1. The van der Waals surface area contributed by atoms with Gasteiger partial charge in [0.2, 0.25) is 0 Å². The lowest BCUT2D eigenvalue weighted by atomic mass is 9.89. The maximum atomic E-state index is 11.3. The van der Waals surface area contributed by atoms with E-state index < -0.39 is 0 Å². The average molecular weight is 226 g/mol. The molecule has 0 aliphatic carbocycles. The van der Waals surface area contributed by atoms with Gasteiger partial charge in [-0.25, -0.2) is 0 Å². The molecular weight excluding hydrogens is 212 g/mol. The number of aromatic hydroxyl groups is 1. The highest BCUT2D eigenvalue weighted by Gasteiger charge is 2.16. The fourth-order valence-electron chi connectivity index (χ4n) is 1.97. The molecule has 0 bridgehead atoms. The minimum absolute atomic E-state index is 0.227. The summed E-state index contributed by atoms with van der Waals surface area (Å²) < 4.78 is 0. The summed E-state index contributed by atoms with van der Waals surface area (Å²) in [6.45, 7) is 1.82. The molecular formula is C15H14O2. The van der Waals surface area contributed by atoms with Gasteiger partial charge in [0.25, 0.3) is 0 Å². The Labute approximate surface area is 101 Å². The smallest absolute Gasteiger partial charge is 0.131 e. The van der Waals surface area contributed by atoms with E-state index in [1.807, 2.05) is 43.3 Å². The molecule has 0 heterocycles. The summed E-state index contributed by atoms with van der Waals surface area (Å²) in [6, 6.07) is 14.8. The quantitative estimate of drug-likeness (QED) is 0.817. The second kappa shape index (κ2) is 4.83. The van der Waals surface area contributed by atoms with E-state index in [1.54, 1.807) is 12.1 Å². The average Bonchev–Trinajstić information content (AvgIpc) is 2.37. The van der Waals surface area contributed by atoms with Gasteiger partial charge in [-0.1, -0.05) is 42.5 Å². The van der Waals surface area contributed by atoms with Crippen molar-refractivity contribution in [2.75, 3.05) is 0 Å². The number of benzene rings is 2. The Kier molecular flexibility index (Phi) is 3.24. The van der Waals surface area contributed by atoms with Crippen LogP contribution in [0.1, 0.15) is 22.6 Å². The van der Waals surface area contributed by atoms with Crippen molar-refractivity contribution in [3.8, 4) is 5.75 Å². The molecule has 0 radical (unpaired) electrons. The third-order valence-electron chi connectivity index (χ3n) is 2.98. The lowest BCUT2D eigenvalue weighted by Gasteiger charge is -2.14. The van der Waals surface area contributed by atoms with Gasteiger partial charge in [-0.3, -0.25) is 0 Å². The van der Waals surface area contributed by atoms with Gasteiger partial charge in [0.1, 0.15) is 12.0 Å². The number of carbonyl (C=O) groups excluding carboxylic acids is 1. The van der Waals surface area contributed by atoms with E-state index in [0.717, 1.165) is 23.0 Å². The first-order chi connectivity index (χ1) is 8.24. The monoisotopic (exact) mass is 226 g/mol. The molecule has 2 heteroatoms. The molecule has 0 amide bonds. The van der Waals surface area contributed by atoms with Gasteiger partial charge < -0.3 is 9.90 Å². The van der Waals surface area contributed by atoms with Gasteiger partial charge >= 0.3 is 0 Å². The number of phenols is 1. The SMILES string of the molecule is Cc1c(O)cccc1C(C=O)c1ccccc1. The first kappa shape index (κ1) is 11.4. The largest absolute Gasteiger partial charge is 0.508 e. The number of carbonyl (C=O) groups is 1. The van der Waals surface area contributed by atoms with Crippen LogP contribution in [0.3, 0.4) is 0 Å². The van der Waals surface area contributed by atoms with Crippen molar-refractivity contribution in [2.24, 2.45) is 0 Å². The summed E-state index contributed by atoms with van der Waals surface area (Å²) in [6.07, 6.45) is 0.914. The molecule has 2 nitrogen and oxygen atoms in total. The van der Waals surface area contributed by atoms with E-state index in [4.69, 9.17) is 0 Å². The van der Waals surface area contributed by atoms with Crippen LogP contribution in [0.2, 0.25) is 0 Å². The van der Waals surface area contributed by atoms with E-state index in [2.05, 4.69) is 0 Å². The summed E-state index contributed by atoms with van der Waals surface area (Å²) in [7, 11) is 0. The zero-order chi connectivity index (χ0) is 12.3. The van der Waals surface area contributed by atoms with Crippen LogP contribution in [-0.2, 0) is 4.79 Å². The molecule has 2 aromatic rings. The maximum absolute atomic E-state index is 11.3. The first-order valence-corrected chi connectivity index (χ1v) is 5.52. The summed E-state index contributed by atoms with van der Waals surface area (Å²) >= 11 is 0. The molecule has 86 valence electrons.